The van der Waals surface area contributed by atoms with Crippen molar-refractivity contribution in [3.8, 4) is 63.0 Å². The summed E-state index contributed by atoms with van der Waals surface area (Å²) in [5, 5.41) is 34.1. The third-order valence-electron chi connectivity index (χ3n) is 10.8. The van der Waals surface area contributed by atoms with E-state index in [0.29, 0.717) is 16.7 Å². The molecule has 0 aliphatic rings. The van der Waals surface area contributed by atoms with Gasteiger partial charge < -0.3 is 9.13 Å². The Morgan fingerprint density at radius 3 is 1.68 bits per heavy atom. The van der Waals surface area contributed by atoms with E-state index in [0.717, 1.165) is 88.4 Å². The third kappa shape index (κ3) is 4.92. The smallest absolute Gasteiger partial charge is 0.101 e. The number of fused-ring (bicyclic) bond motifs is 6. The van der Waals surface area contributed by atoms with Crippen molar-refractivity contribution >= 4 is 43.6 Å². The lowest BCUT2D eigenvalue weighted by Crippen LogP contribution is -1.97. The molecule has 5 nitrogen and oxygen atoms in total. The Balaban J connectivity index is 1.25. The summed E-state index contributed by atoms with van der Waals surface area (Å²) in [7, 11) is 0. The number of nitrogens with zero attached hydrogens (tertiary/aromatic N) is 5. The van der Waals surface area contributed by atoms with E-state index in [-0.39, 0.29) is 0 Å². The fourth-order valence-electron chi connectivity index (χ4n) is 8.51. The minimum absolute atomic E-state index is 0.574. The number of rotatable bonds is 5. The van der Waals surface area contributed by atoms with Crippen molar-refractivity contribution in [1.82, 2.24) is 9.13 Å². The lowest BCUT2D eigenvalue weighted by molar-refractivity contribution is 1.17. The van der Waals surface area contributed by atoms with E-state index >= 15 is 0 Å². The molecule has 0 radical (unpaired) electrons. The van der Waals surface area contributed by atoms with Gasteiger partial charge in [0.2, 0.25) is 0 Å². The van der Waals surface area contributed by atoms with Crippen LogP contribution in [0, 0.1) is 34.0 Å². The molecule has 0 unspecified atom stereocenters. The minimum atomic E-state index is 0.574. The summed E-state index contributed by atoms with van der Waals surface area (Å²) in [6.45, 7) is 0. The molecule has 5 heteroatoms. The fourth-order valence-corrected chi connectivity index (χ4v) is 8.51. The molecule has 0 aliphatic carbocycles. The maximum Gasteiger partial charge on any atom is 0.101 e. The van der Waals surface area contributed by atoms with E-state index in [4.69, 9.17) is 0 Å². The second-order valence-electron chi connectivity index (χ2n) is 13.8. The SMILES string of the molecule is N#Cc1cccc(-n2c3ccc(C#N)cc3c3cccc(-c4ccccc4-c4ccccc4-c4cccc5c4c4ccccc4n5-c4ccccc4C#N)c32)c1. The number of benzene rings is 8. The molecule has 0 amide bonds. The van der Waals surface area contributed by atoms with E-state index in [1.165, 1.54) is 0 Å². The maximum atomic E-state index is 10.1. The van der Waals surface area contributed by atoms with E-state index in [1.54, 1.807) is 0 Å². The van der Waals surface area contributed by atoms with Crippen LogP contribution in [0.5, 0.6) is 0 Å². The Morgan fingerprint density at radius 1 is 0.357 bits per heavy atom. The summed E-state index contributed by atoms with van der Waals surface area (Å²) in [5.74, 6) is 0. The Labute approximate surface area is 323 Å². The largest absolute Gasteiger partial charge is 0.309 e. The van der Waals surface area contributed by atoms with Crippen molar-refractivity contribution in [2.75, 3.05) is 0 Å². The molecule has 10 aromatic rings. The average molecular weight is 712 g/mol. The van der Waals surface area contributed by atoms with Crippen molar-refractivity contribution in [1.29, 1.82) is 15.8 Å². The summed E-state index contributed by atoms with van der Waals surface area (Å²) in [4.78, 5) is 0. The van der Waals surface area contributed by atoms with Gasteiger partial charge in [-0.25, -0.2) is 0 Å². The summed E-state index contributed by atoms with van der Waals surface area (Å²) in [6, 6.07) is 66.7. The summed E-state index contributed by atoms with van der Waals surface area (Å²) in [5.41, 5.74) is 14.0. The Morgan fingerprint density at radius 2 is 0.911 bits per heavy atom. The van der Waals surface area contributed by atoms with E-state index in [9.17, 15) is 15.8 Å². The molecule has 0 N–H and O–H groups in total. The zero-order chi connectivity index (χ0) is 37.8. The zero-order valence-corrected chi connectivity index (χ0v) is 30.0. The number of aromatic nitrogens is 2. The highest BCUT2D eigenvalue weighted by atomic mass is 15.0. The van der Waals surface area contributed by atoms with Crippen molar-refractivity contribution in [2.45, 2.75) is 0 Å². The summed E-state index contributed by atoms with van der Waals surface area (Å²) in [6.07, 6.45) is 0. The van der Waals surface area contributed by atoms with E-state index < -0.39 is 0 Å². The molecule has 0 saturated carbocycles. The molecular formula is C51H29N5. The highest BCUT2D eigenvalue weighted by molar-refractivity contribution is 6.18. The highest BCUT2D eigenvalue weighted by Gasteiger charge is 2.22. The van der Waals surface area contributed by atoms with Crippen LogP contribution >= 0.6 is 0 Å². The van der Waals surface area contributed by atoms with Gasteiger partial charge in [0.25, 0.3) is 0 Å². The first-order valence-electron chi connectivity index (χ1n) is 18.4. The van der Waals surface area contributed by atoms with Crippen LogP contribution < -0.4 is 0 Å². The lowest BCUT2D eigenvalue weighted by Gasteiger charge is -2.17. The molecule has 0 atom stereocenters. The molecule has 56 heavy (non-hydrogen) atoms. The first-order valence-corrected chi connectivity index (χ1v) is 18.4. The molecular weight excluding hydrogens is 683 g/mol. The van der Waals surface area contributed by atoms with Crippen LogP contribution in [-0.2, 0) is 0 Å². The first kappa shape index (κ1) is 32.5. The Kier molecular flexibility index (Phi) is 7.57. The van der Waals surface area contributed by atoms with Gasteiger partial charge in [0.05, 0.1) is 56.6 Å². The molecule has 0 fully saturated rings. The zero-order valence-electron chi connectivity index (χ0n) is 30.0. The van der Waals surface area contributed by atoms with Gasteiger partial charge in [0.15, 0.2) is 0 Å². The van der Waals surface area contributed by atoms with E-state index in [1.807, 2.05) is 72.8 Å². The monoisotopic (exact) mass is 711 g/mol. The van der Waals surface area contributed by atoms with Crippen LogP contribution in [0.3, 0.4) is 0 Å². The molecule has 0 spiro atoms. The molecule has 2 aromatic heterocycles. The highest BCUT2D eigenvalue weighted by Crippen LogP contribution is 2.46. The fraction of sp³-hybridized carbons (Fsp3) is 0. The molecule has 2 heterocycles. The molecule has 258 valence electrons. The van der Waals surface area contributed by atoms with Crippen LogP contribution in [0.25, 0.3) is 88.4 Å². The van der Waals surface area contributed by atoms with Crippen molar-refractivity contribution in [3.63, 3.8) is 0 Å². The average Bonchev–Trinajstić information content (AvgIpc) is 3.79. The number of hydrogen-bond acceptors (Lipinski definition) is 3. The normalized spacial score (nSPS) is 11.2. The summed E-state index contributed by atoms with van der Waals surface area (Å²) < 4.78 is 4.43. The van der Waals surface area contributed by atoms with Crippen LogP contribution in [0.1, 0.15) is 16.7 Å². The van der Waals surface area contributed by atoms with E-state index in [2.05, 4.69) is 130 Å². The van der Waals surface area contributed by atoms with Gasteiger partial charge in [-0.05, 0) is 88.5 Å². The molecule has 8 aromatic carbocycles. The Hall–Kier alpha value is -8.17. The predicted molar refractivity (Wildman–Crippen MR) is 226 cm³/mol. The van der Waals surface area contributed by atoms with Gasteiger partial charge in [-0.2, -0.15) is 15.8 Å². The van der Waals surface area contributed by atoms with Crippen LogP contribution in [0.2, 0.25) is 0 Å². The predicted octanol–water partition coefficient (Wildman–Crippen LogP) is 12.5. The second kappa shape index (κ2) is 13.0. The van der Waals surface area contributed by atoms with Gasteiger partial charge in [0, 0.05) is 32.8 Å². The number of hydrogen-bond donors (Lipinski definition) is 0. The second-order valence-corrected chi connectivity index (χ2v) is 13.8. The van der Waals surface area contributed by atoms with Crippen molar-refractivity contribution < 1.29 is 0 Å². The van der Waals surface area contributed by atoms with Crippen LogP contribution in [0.15, 0.2) is 176 Å². The standard InChI is InChI=1S/C51H29N5/c52-30-33-12-9-14-36(28-33)55-48-27-26-34(31-53)29-45(48)43-22-10-21-42(51(43)55)40-18-5-3-16-38(40)37-15-2-4-17-39(37)41-20-11-25-49-50(41)44-19-6-8-24-47(44)56(49)46-23-7-1-13-35(46)32-54/h1-29H. The minimum Gasteiger partial charge on any atom is -0.309 e. The van der Waals surface area contributed by atoms with Crippen molar-refractivity contribution in [2.24, 2.45) is 0 Å². The molecule has 0 bridgehead atoms. The molecule has 0 aliphatic heterocycles. The van der Waals surface area contributed by atoms with Gasteiger partial charge >= 0.3 is 0 Å². The van der Waals surface area contributed by atoms with Crippen LogP contribution in [0.4, 0.5) is 0 Å². The lowest BCUT2D eigenvalue weighted by atomic mass is 9.87. The maximum absolute atomic E-state index is 10.1. The summed E-state index contributed by atoms with van der Waals surface area (Å²) >= 11 is 0. The van der Waals surface area contributed by atoms with Gasteiger partial charge in [0.1, 0.15) is 6.07 Å². The third-order valence-corrected chi connectivity index (χ3v) is 10.8. The van der Waals surface area contributed by atoms with Gasteiger partial charge in [-0.15, -0.1) is 0 Å². The molecule has 0 saturated heterocycles. The number of para-hydroxylation sites is 3. The Bertz CT molecular complexity index is 3360. The van der Waals surface area contributed by atoms with Crippen molar-refractivity contribution in [3.05, 3.63) is 193 Å². The van der Waals surface area contributed by atoms with Gasteiger partial charge in [-0.3, -0.25) is 0 Å². The topological polar surface area (TPSA) is 81.2 Å². The van der Waals surface area contributed by atoms with Gasteiger partial charge in [-0.1, -0.05) is 115 Å². The quantitative estimate of drug-likeness (QED) is 0.178. The van der Waals surface area contributed by atoms with Crippen LogP contribution in [-0.4, -0.2) is 9.13 Å². The number of nitriles is 3. The first-order chi connectivity index (χ1) is 27.7. The molecule has 10 rings (SSSR count).